The maximum Gasteiger partial charge on any atom is 0.321 e. The van der Waals surface area contributed by atoms with E-state index in [0.717, 1.165) is 62.7 Å². The number of carbonyl (C=O) groups excluding carboxylic acids is 3. The first-order valence-electron chi connectivity index (χ1n) is 10.8. The van der Waals surface area contributed by atoms with E-state index in [9.17, 15) is 14.4 Å². The molecule has 4 bridgehead atoms. The van der Waals surface area contributed by atoms with Crippen LogP contribution in [0.3, 0.4) is 0 Å². The van der Waals surface area contributed by atoms with Crippen LogP contribution in [0, 0.1) is 23.2 Å². The molecule has 0 spiro atoms. The number of rotatable bonds is 5. The molecule has 5 fully saturated rings. The molecule has 3 amide bonds. The van der Waals surface area contributed by atoms with E-state index in [0.29, 0.717) is 6.42 Å². The smallest absolute Gasteiger partial charge is 0.321 e. The van der Waals surface area contributed by atoms with E-state index >= 15 is 0 Å². The summed E-state index contributed by atoms with van der Waals surface area (Å²) in [6.45, 7) is -0.372. The van der Waals surface area contributed by atoms with Gasteiger partial charge in [-0.2, -0.15) is 0 Å². The maximum atomic E-state index is 12.3. The minimum absolute atomic E-state index is 0.112. The first-order chi connectivity index (χ1) is 13.0. The fraction of sp³-hybridized carbons (Fsp3) is 0.857. The lowest BCUT2D eigenvalue weighted by atomic mass is 9.49. The van der Waals surface area contributed by atoms with Crippen LogP contribution in [0.2, 0.25) is 0 Å². The second kappa shape index (κ2) is 7.80. The van der Waals surface area contributed by atoms with Crippen molar-refractivity contribution in [3.8, 4) is 0 Å². The number of urea groups is 1. The Balaban J connectivity index is 1.18. The number of ether oxygens (including phenoxy) is 1. The van der Waals surface area contributed by atoms with Gasteiger partial charge in [0.1, 0.15) is 0 Å². The minimum Gasteiger partial charge on any atom is -0.456 e. The highest BCUT2D eigenvalue weighted by atomic mass is 16.5. The van der Waals surface area contributed by atoms with Gasteiger partial charge >= 0.3 is 12.0 Å². The van der Waals surface area contributed by atoms with Gasteiger partial charge in [0, 0.05) is 6.04 Å². The Morgan fingerprint density at radius 2 is 1.48 bits per heavy atom. The molecule has 5 aliphatic carbocycles. The van der Waals surface area contributed by atoms with Crippen LogP contribution in [0.5, 0.6) is 0 Å². The van der Waals surface area contributed by atoms with Gasteiger partial charge in [-0.1, -0.05) is 19.3 Å². The van der Waals surface area contributed by atoms with Gasteiger partial charge in [0.25, 0.3) is 5.91 Å². The fourth-order valence-electron chi connectivity index (χ4n) is 6.64. The van der Waals surface area contributed by atoms with Crippen molar-refractivity contribution in [3.05, 3.63) is 0 Å². The van der Waals surface area contributed by atoms with E-state index in [2.05, 4.69) is 10.6 Å². The Labute approximate surface area is 161 Å². The zero-order valence-corrected chi connectivity index (χ0v) is 16.1. The summed E-state index contributed by atoms with van der Waals surface area (Å²) in [6, 6.07) is -0.339. The first kappa shape index (κ1) is 18.8. The summed E-state index contributed by atoms with van der Waals surface area (Å²) in [4.78, 5) is 36.1. The summed E-state index contributed by atoms with van der Waals surface area (Å²) in [7, 11) is 0. The summed E-state index contributed by atoms with van der Waals surface area (Å²) in [5, 5.41) is 5.10. The molecule has 0 atom stereocenters. The molecule has 5 aliphatic rings. The minimum atomic E-state index is -0.554. The lowest BCUT2D eigenvalue weighted by Crippen LogP contribution is -2.47. The van der Waals surface area contributed by atoms with Crippen molar-refractivity contribution in [2.45, 2.75) is 83.1 Å². The topological polar surface area (TPSA) is 84.5 Å². The number of imide groups is 1. The predicted octanol–water partition coefficient (Wildman–Crippen LogP) is 3.29. The molecule has 0 aromatic heterocycles. The molecule has 2 N–H and O–H groups in total. The van der Waals surface area contributed by atoms with Crippen molar-refractivity contribution < 1.29 is 19.1 Å². The van der Waals surface area contributed by atoms with E-state index in [-0.39, 0.29) is 24.0 Å². The van der Waals surface area contributed by atoms with Crippen LogP contribution >= 0.6 is 0 Å². The zero-order valence-electron chi connectivity index (χ0n) is 16.1. The molecule has 150 valence electrons. The third-order valence-electron chi connectivity index (χ3n) is 7.24. The number of amides is 3. The third kappa shape index (κ3) is 4.64. The van der Waals surface area contributed by atoms with Crippen LogP contribution in [0.1, 0.15) is 77.0 Å². The Bertz CT molecular complexity index is 562. The number of hydrogen-bond donors (Lipinski definition) is 2. The van der Waals surface area contributed by atoms with Crippen molar-refractivity contribution in [2.24, 2.45) is 23.2 Å². The molecule has 0 aliphatic heterocycles. The number of nitrogens with one attached hydrogen (secondary N) is 2. The molecule has 0 unspecified atom stereocenters. The molecular weight excluding hydrogens is 344 g/mol. The van der Waals surface area contributed by atoms with E-state index < -0.39 is 11.9 Å². The van der Waals surface area contributed by atoms with Crippen LogP contribution in [-0.4, -0.2) is 30.6 Å². The van der Waals surface area contributed by atoms with E-state index in [4.69, 9.17) is 4.74 Å². The summed E-state index contributed by atoms with van der Waals surface area (Å²) < 4.78 is 5.20. The maximum absolute atomic E-state index is 12.3. The Morgan fingerprint density at radius 3 is 2.07 bits per heavy atom. The lowest BCUT2D eigenvalue weighted by molar-refractivity contribution is -0.155. The number of carbonyl (C=O) groups is 3. The summed E-state index contributed by atoms with van der Waals surface area (Å²) in [6.07, 6.45) is 13.2. The van der Waals surface area contributed by atoms with Gasteiger partial charge < -0.3 is 10.1 Å². The molecule has 0 aromatic carbocycles. The van der Waals surface area contributed by atoms with Crippen LogP contribution < -0.4 is 10.6 Å². The number of hydrogen-bond acceptors (Lipinski definition) is 4. The van der Waals surface area contributed by atoms with Crippen LogP contribution in [-0.2, 0) is 14.3 Å². The summed E-state index contributed by atoms with van der Waals surface area (Å²) >= 11 is 0. The zero-order chi connectivity index (χ0) is 18.9. The highest BCUT2D eigenvalue weighted by Crippen LogP contribution is 2.61. The second-order valence-corrected chi connectivity index (χ2v) is 9.61. The Kier molecular flexibility index (Phi) is 5.42. The molecule has 27 heavy (non-hydrogen) atoms. The van der Waals surface area contributed by atoms with E-state index in [1.54, 1.807) is 0 Å². The van der Waals surface area contributed by atoms with Gasteiger partial charge in [0.05, 0.1) is 6.42 Å². The Hall–Kier alpha value is -1.59. The molecule has 0 aromatic rings. The highest BCUT2D eigenvalue weighted by molar-refractivity contribution is 5.95. The lowest BCUT2D eigenvalue weighted by Gasteiger charge is -2.56. The van der Waals surface area contributed by atoms with Gasteiger partial charge in [-0.15, -0.1) is 0 Å². The molecule has 5 rings (SSSR count). The molecule has 5 saturated carbocycles. The third-order valence-corrected chi connectivity index (χ3v) is 7.24. The van der Waals surface area contributed by atoms with Crippen LogP contribution in [0.4, 0.5) is 4.79 Å². The SMILES string of the molecule is O=C(COC(=O)CC12CC3CC(CC(C3)C1)C2)NC(=O)NC1CCCCC1. The van der Waals surface area contributed by atoms with E-state index in [1.165, 1.54) is 25.7 Å². The Morgan fingerprint density at radius 1 is 0.889 bits per heavy atom. The van der Waals surface area contributed by atoms with Crippen molar-refractivity contribution >= 4 is 17.9 Å². The molecule has 6 heteroatoms. The molecule has 0 heterocycles. The van der Waals surface area contributed by atoms with Gasteiger partial charge in [0.15, 0.2) is 6.61 Å². The van der Waals surface area contributed by atoms with Gasteiger partial charge in [-0.25, -0.2) is 4.79 Å². The average molecular weight is 376 g/mol. The normalized spacial score (nSPS) is 34.9. The molecule has 0 radical (unpaired) electrons. The van der Waals surface area contributed by atoms with Gasteiger partial charge in [-0.3, -0.25) is 14.9 Å². The van der Waals surface area contributed by atoms with Crippen molar-refractivity contribution in [1.82, 2.24) is 10.6 Å². The molecular formula is C21H32N2O4. The average Bonchev–Trinajstić information content (AvgIpc) is 2.59. The van der Waals surface area contributed by atoms with Crippen LogP contribution in [0.15, 0.2) is 0 Å². The van der Waals surface area contributed by atoms with Gasteiger partial charge in [0.2, 0.25) is 0 Å². The second-order valence-electron chi connectivity index (χ2n) is 9.61. The van der Waals surface area contributed by atoms with Crippen molar-refractivity contribution in [1.29, 1.82) is 0 Å². The molecule has 0 saturated heterocycles. The largest absolute Gasteiger partial charge is 0.456 e. The summed E-state index contributed by atoms with van der Waals surface area (Å²) in [5.41, 5.74) is 0.112. The standard InChI is InChI=1S/C21H32N2O4/c24-18(23-20(26)22-17-4-2-1-3-5-17)13-27-19(25)12-21-9-14-6-15(10-21)8-16(7-14)11-21/h14-17H,1-13H2,(H2,22,23,24,26). The number of esters is 1. The first-order valence-corrected chi connectivity index (χ1v) is 10.8. The summed E-state index contributed by atoms with van der Waals surface area (Å²) in [5.74, 6) is 1.52. The van der Waals surface area contributed by atoms with Crippen molar-refractivity contribution in [2.75, 3.05) is 6.61 Å². The van der Waals surface area contributed by atoms with Crippen LogP contribution in [0.25, 0.3) is 0 Å². The highest BCUT2D eigenvalue weighted by Gasteiger charge is 2.51. The fourth-order valence-corrected chi connectivity index (χ4v) is 6.64. The molecule has 6 nitrogen and oxygen atoms in total. The van der Waals surface area contributed by atoms with Crippen molar-refractivity contribution in [3.63, 3.8) is 0 Å². The quantitative estimate of drug-likeness (QED) is 0.721. The monoisotopic (exact) mass is 376 g/mol. The van der Waals surface area contributed by atoms with Gasteiger partial charge in [-0.05, 0) is 74.5 Å². The van der Waals surface area contributed by atoms with E-state index in [1.807, 2.05) is 0 Å². The predicted molar refractivity (Wildman–Crippen MR) is 99.7 cm³/mol.